The van der Waals surface area contributed by atoms with Gasteiger partial charge < -0.3 is 25.2 Å². The number of carboxylic acid groups (broad SMARTS) is 2. The highest BCUT2D eigenvalue weighted by molar-refractivity contribution is 5.75. The number of carboxylic acids is 1. The number of nitrogens with zero attached hydrogens (tertiary/aromatic N) is 1. The number of alkyl carbamates (subject to hydrolysis) is 1. The Morgan fingerprint density at radius 3 is 2.52 bits per heavy atom. The predicted octanol–water partition coefficient (Wildman–Crippen LogP) is 1.37. The van der Waals surface area contributed by atoms with Gasteiger partial charge in [-0.1, -0.05) is 30.3 Å². The number of likely N-dealkylation sites (tertiary alicyclic amines) is 1. The van der Waals surface area contributed by atoms with Gasteiger partial charge in [0.15, 0.2) is 0 Å². The number of ether oxygens (including phenoxy) is 1. The monoisotopic (exact) mass is 322 g/mol. The number of carbonyl (C=O) groups excluding carboxylic acids is 1. The van der Waals surface area contributed by atoms with Gasteiger partial charge in [0.2, 0.25) is 0 Å². The Morgan fingerprint density at radius 1 is 1.22 bits per heavy atom. The van der Waals surface area contributed by atoms with E-state index in [2.05, 4.69) is 5.32 Å². The molecule has 0 saturated carbocycles. The summed E-state index contributed by atoms with van der Waals surface area (Å²) in [5.41, 5.74) is 0.818. The van der Waals surface area contributed by atoms with Crippen molar-refractivity contribution in [3.63, 3.8) is 0 Å². The molecule has 0 bridgehead atoms. The molecule has 8 nitrogen and oxygen atoms in total. The van der Waals surface area contributed by atoms with E-state index in [0.717, 1.165) is 10.5 Å². The van der Waals surface area contributed by atoms with Crippen LogP contribution in [0.3, 0.4) is 0 Å². The van der Waals surface area contributed by atoms with Crippen molar-refractivity contribution in [1.29, 1.82) is 0 Å². The number of hydrogen-bond donors (Lipinski definition) is 3. The summed E-state index contributed by atoms with van der Waals surface area (Å²) in [5, 5.41) is 20.7. The van der Waals surface area contributed by atoms with Gasteiger partial charge in [0.25, 0.3) is 0 Å². The Kier molecular flexibility index (Phi) is 5.40. The van der Waals surface area contributed by atoms with Crippen molar-refractivity contribution in [2.45, 2.75) is 19.1 Å². The molecule has 2 atom stereocenters. The lowest BCUT2D eigenvalue weighted by molar-refractivity contribution is -0.144. The summed E-state index contributed by atoms with van der Waals surface area (Å²) in [6, 6.07) is 8.43. The SMILES string of the molecule is O=C(N[C@@H]1CCN(C(=O)O)C[C@H]1C(=O)O)OCc1ccccc1. The van der Waals surface area contributed by atoms with Crippen molar-refractivity contribution in [2.75, 3.05) is 13.1 Å². The van der Waals surface area contributed by atoms with E-state index in [1.54, 1.807) is 12.1 Å². The average Bonchev–Trinajstić information content (AvgIpc) is 2.54. The van der Waals surface area contributed by atoms with E-state index in [1.807, 2.05) is 18.2 Å². The van der Waals surface area contributed by atoms with Crippen LogP contribution >= 0.6 is 0 Å². The van der Waals surface area contributed by atoms with Gasteiger partial charge >= 0.3 is 18.2 Å². The summed E-state index contributed by atoms with van der Waals surface area (Å²) in [4.78, 5) is 35.1. The van der Waals surface area contributed by atoms with E-state index in [-0.39, 0.29) is 26.1 Å². The Bertz CT molecular complexity index is 577. The maximum atomic E-state index is 11.8. The first-order valence-corrected chi connectivity index (χ1v) is 7.15. The highest BCUT2D eigenvalue weighted by Gasteiger charge is 2.37. The lowest BCUT2D eigenvalue weighted by atomic mass is 9.92. The molecule has 1 fully saturated rings. The molecule has 23 heavy (non-hydrogen) atoms. The Labute approximate surface area is 132 Å². The number of aliphatic carboxylic acids is 1. The van der Waals surface area contributed by atoms with Gasteiger partial charge in [0.05, 0.1) is 5.92 Å². The zero-order valence-corrected chi connectivity index (χ0v) is 12.3. The second-order valence-electron chi connectivity index (χ2n) is 5.27. The van der Waals surface area contributed by atoms with Gasteiger partial charge in [-0.05, 0) is 12.0 Å². The summed E-state index contributed by atoms with van der Waals surface area (Å²) in [6.07, 6.45) is -1.65. The minimum absolute atomic E-state index is 0.0817. The molecule has 0 aromatic heterocycles. The molecular weight excluding hydrogens is 304 g/mol. The molecule has 2 amide bonds. The molecule has 3 N–H and O–H groups in total. The van der Waals surface area contributed by atoms with Crippen molar-refractivity contribution in [3.8, 4) is 0 Å². The van der Waals surface area contributed by atoms with Gasteiger partial charge in [-0.15, -0.1) is 0 Å². The summed E-state index contributed by atoms with van der Waals surface area (Å²) in [5.74, 6) is -2.14. The predicted molar refractivity (Wildman–Crippen MR) is 78.9 cm³/mol. The van der Waals surface area contributed by atoms with Crippen molar-refractivity contribution in [2.24, 2.45) is 5.92 Å². The maximum Gasteiger partial charge on any atom is 0.407 e. The van der Waals surface area contributed by atoms with Crippen molar-refractivity contribution in [1.82, 2.24) is 10.2 Å². The number of nitrogens with one attached hydrogen (secondary N) is 1. The number of rotatable bonds is 4. The zero-order chi connectivity index (χ0) is 16.8. The van der Waals surface area contributed by atoms with Crippen LogP contribution in [-0.2, 0) is 16.1 Å². The number of piperidine rings is 1. The lowest BCUT2D eigenvalue weighted by Crippen LogP contribution is -2.54. The quantitative estimate of drug-likeness (QED) is 0.771. The summed E-state index contributed by atoms with van der Waals surface area (Å²) in [6.45, 7) is 0.0927. The summed E-state index contributed by atoms with van der Waals surface area (Å²) < 4.78 is 5.06. The molecule has 2 rings (SSSR count). The molecule has 0 aliphatic carbocycles. The summed E-state index contributed by atoms with van der Waals surface area (Å²) in [7, 11) is 0. The van der Waals surface area contributed by atoms with Crippen molar-refractivity contribution >= 4 is 18.2 Å². The molecule has 8 heteroatoms. The molecule has 1 aromatic carbocycles. The molecule has 0 spiro atoms. The molecule has 1 aromatic rings. The Balaban J connectivity index is 1.88. The topological polar surface area (TPSA) is 116 Å². The molecule has 124 valence electrons. The van der Waals surface area contributed by atoms with Crippen LogP contribution < -0.4 is 5.32 Å². The third kappa shape index (κ3) is 4.60. The van der Waals surface area contributed by atoms with Crippen LogP contribution in [0.5, 0.6) is 0 Å². The number of hydrogen-bond acceptors (Lipinski definition) is 4. The van der Waals surface area contributed by atoms with Gasteiger partial charge in [-0.3, -0.25) is 4.79 Å². The zero-order valence-electron chi connectivity index (χ0n) is 12.3. The maximum absolute atomic E-state index is 11.8. The van der Waals surface area contributed by atoms with Gasteiger partial charge in [0.1, 0.15) is 6.61 Å². The van der Waals surface area contributed by atoms with Gasteiger partial charge in [0, 0.05) is 19.1 Å². The van der Waals surface area contributed by atoms with Crippen LogP contribution in [0.25, 0.3) is 0 Å². The number of benzene rings is 1. The van der Waals surface area contributed by atoms with Crippen LogP contribution in [0.2, 0.25) is 0 Å². The Morgan fingerprint density at radius 2 is 1.91 bits per heavy atom. The molecular formula is C15H18N2O6. The highest BCUT2D eigenvalue weighted by Crippen LogP contribution is 2.18. The third-order valence-electron chi connectivity index (χ3n) is 3.72. The fourth-order valence-corrected chi connectivity index (χ4v) is 2.46. The molecule has 1 saturated heterocycles. The van der Waals surface area contributed by atoms with Crippen molar-refractivity contribution in [3.05, 3.63) is 35.9 Å². The van der Waals surface area contributed by atoms with Gasteiger partial charge in [-0.2, -0.15) is 0 Å². The van der Waals surface area contributed by atoms with E-state index in [9.17, 15) is 19.5 Å². The van der Waals surface area contributed by atoms with Crippen LogP contribution in [0.1, 0.15) is 12.0 Å². The fraction of sp³-hybridized carbons (Fsp3) is 0.400. The minimum Gasteiger partial charge on any atom is -0.481 e. The van der Waals surface area contributed by atoms with E-state index in [4.69, 9.17) is 9.84 Å². The summed E-state index contributed by atoms with van der Waals surface area (Å²) >= 11 is 0. The highest BCUT2D eigenvalue weighted by atomic mass is 16.5. The Hall–Kier alpha value is -2.77. The molecule has 0 radical (unpaired) electrons. The van der Waals surface area contributed by atoms with Gasteiger partial charge in [-0.25, -0.2) is 9.59 Å². The third-order valence-corrected chi connectivity index (χ3v) is 3.72. The number of carbonyl (C=O) groups is 3. The number of amides is 2. The van der Waals surface area contributed by atoms with E-state index in [0.29, 0.717) is 0 Å². The van der Waals surface area contributed by atoms with Crippen LogP contribution in [0, 0.1) is 5.92 Å². The van der Waals surface area contributed by atoms with Crippen LogP contribution in [0.4, 0.5) is 9.59 Å². The lowest BCUT2D eigenvalue weighted by Gasteiger charge is -2.35. The normalized spacial score (nSPS) is 20.6. The van der Waals surface area contributed by atoms with Crippen molar-refractivity contribution < 1.29 is 29.3 Å². The molecule has 1 heterocycles. The van der Waals surface area contributed by atoms with E-state index < -0.39 is 30.1 Å². The van der Waals surface area contributed by atoms with E-state index in [1.165, 1.54) is 0 Å². The second-order valence-corrected chi connectivity index (χ2v) is 5.27. The first kappa shape index (κ1) is 16.6. The van der Waals surface area contributed by atoms with Crippen LogP contribution in [0.15, 0.2) is 30.3 Å². The first-order valence-electron chi connectivity index (χ1n) is 7.15. The van der Waals surface area contributed by atoms with Crippen LogP contribution in [-0.4, -0.2) is 52.4 Å². The molecule has 1 aliphatic heterocycles. The standard InChI is InChI=1S/C15H18N2O6/c18-13(19)11-8-17(15(21)22)7-6-12(11)16-14(20)23-9-10-4-2-1-3-5-10/h1-5,11-12H,6-9H2,(H,16,20)(H,18,19)(H,21,22)/t11-,12-/m1/s1. The fourth-order valence-electron chi connectivity index (χ4n) is 2.46. The van der Waals surface area contributed by atoms with E-state index >= 15 is 0 Å². The molecule has 0 unspecified atom stereocenters. The molecule has 1 aliphatic rings. The first-order chi connectivity index (χ1) is 11.0. The second kappa shape index (κ2) is 7.48. The average molecular weight is 322 g/mol. The largest absolute Gasteiger partial charge is 0.481 e. The smallest absolute Gasteiger partial charge is 0.407 e. The minimum atomic E-state index is -1.17.